The molecule has 1 fully saturated rings. The standard InChI is InChI=1S/C15H18O3S/c16-15(14-7-8-19(17,18)10-14)13-6-5-11-3-1-2-4-12(11)9-13/h1-4,13-14H,5-10H2. The van der Waals surface area contributed by atoms with Crippen molar-refractivity contribution in [3.63, 3.8) is 0 Å². The van der Waals surface area contributed by atoms with Crippen LogP contribution in [-0.2, 0) is 27.5 Å². The molecule has 102 valence electrons. The van der Waals surface area contributed by atoms with Crippen molar-refractivity contribution in [3.8, 4) is 0 Å². The summed E-state index contributed by atoms with van der Waals surface area (Å²) in [5, 5.41) is 0. The lowest BCUT2D eigenvalue weighted by Crippen LogP contribution is -2.29. The van der Waals surface area contributed by atoms with Crippen LogP contribution in [-0.4, -0.2) is 25.7 Å². The predicted octanol–water partition coefficient (Wildman–Crippen LogP) is 1.80. The van der Waals surface area contributed by atoms with E-state index in [1.54, 1.807) is 0 Å². The van der Waals surface area contributed by atoms with Gasteiger partial charge in [-0.3, -0.25) is 4.79 Å². The molecule has 1 aliphatic heterocycles. The normalized spacial score (nSPS) is 28.8. The number of benzene rings is 1. The van der Waals surface area contributed by atoms with Crippen LogP contribution in [0, 0.1) is 11.8 Å². The molecular weight excluding hydrogens is 260 g/mol. The molecule has 0 aromatic heterocycles. The van der Waals surface area contributed by atoms with Crippen LogP contribution >= 0.6 is 0 Å². The van der Waals surface area contributed by atoms with Crippen LogP contribution in [0.2, 0.25) is 0 Å². The maximum absolute atomic E-state index is 12.4. The highest BCUT2D eigenvalue weighted by Crippen LogP contribution is 2.30. The highest BCUT2D eigenvalue weighted by molar-refractivity contribution is 7.91. The maximum Gasteiger partial charge on any atom is 0.151 e. The third-order valence-electron chi connectivity index (χ3n) is 4.38. The zero-order valence-corrected chi connectivity index (χ0v) is 11.7. The molecular formula is C15H18O3S. The molecule has 0 saturated carbocycles. The summed E-state index contributed by atoms with van der Waals surface area (Å²) >= 11 is 0. The number of hydrogen-bond donors (Lipinski definition) is 0. The second kappa shape index (κ2) is 4.75. The molecule has 2 atom stereocenters. The Labute approximate surface area is 113 Å². The Hall–Kier alpha value is -1.16. The van der Waals surface area contributed by atoms with Crippen molar-refractivity contribution >= 4 is 15.6 Å². The van der Waals surface area contributed by atoms with Crippen LogP contribution < -0.4 is 0 Å². The van der Waals surface area contributed by atoms with Gasteiger partial charge in [-0.1, -0.05) is 24.3 Å². The number of carbonyl (C=O) groups excluding carboxylic acids is 1. The Balaban J connectivity index is 1.73. The number of sulfone groups is 1. The Morgan fingerprint density at radius 2 is 1.79 bits per heavy atom. The summed E-state index contributed by atoms with van der Waals surface area (Å²) < 4.78 is 22.9. The second-order valence-electron chi connectivity index (χ2n) is 5.71. The first-order valence-electron chi connectivity index (χ1n) is 6.86. The highest BCUT2D eigenvalue weighted by atomic mass is 32.2. The van der Waals surface area contributed by atoms with E-state index in [4.69, 9.17) is 0 Å². The molecule has 3 rings (SSSR count). The lowest BCUT2D eigenvalue weighted by molar-refractivity contribution is -0.126. The SMILES string of the molecule is O=C(C1CCc2ccccc2C1)C1CCS(=O)(=O)C1. The topological polar surface area (TPSA) is 51.2 Å². The van der Waals surface area contributed by atoms with Crippen molar-refractivity contribution in [2.45, 2.75) is 25.7 Å². The summed E-state index contributed by atoms with van der Waals surface area (Å²) in [7, 11) is -2.96. The molecule has 2 aliphatic rings. The number of hydrogen-bond acceptors (Lipinski definition) is 3. The van der Waals surface area contributed by atoms with Crippen LogP contribution in [0.25, 0.3) is 0 Å². The van der Waals surface area contributed by atoms with Crippen LogP contribution in [0.3, 0.4) is 0 Å². The van der Waals surface area contributed by atoms with Gasteiger partial charge in [-0.2, -0.15) is 0 Å². The smallest absolute Gasteiger partial charge is 0.151 e. The average Bonchev–Trinajstić information content (AvgIpc) is 2.78. The van der Waals surface area contributed by atoms with Gasteiger partial charge in [0.2, 0.25) is 0 Å². The Morgan fingerprint density at radius 3 is 2.47 bits per heavy atom. The fraction of sp³-hybridized carbons (Fsp3) is 0.533. The molecule has 0 N–H and O–H groups in total. The third-order valence-corrected chi connectivity index (χ3v) is 6.15. The third kappa shape index (κ3) is 2.59. The molecule has 3 nitrogen and oxygen atoms in total. The zero-order chi connectivity index (χ0) is 13.5. The number of Topliss-reactive ketones (excluding diaryl/α,β-unsaturated/α-hetero) is 1. The first-order chi connectivity index (χ1) is 9.05. The predicted molar refractivity (Wildman–Crippen MR) is 73.7 cm³/mol. The molecule has 0 spiro atoms. The van der Waals surface area contributed by atoms with E-state index in [-0.39, 0.29) is 29.1 Å². The van der Waals surface area contributed by atoms with Crippen molar-refractivity contribution < 1.29 is 13.2 Å². The van der Waals surface area contributed by atoms with E-state index in [0.29, 0.717) is 6.42 Å². The van der Waals surface area contributed by atoms with Gasteiger partial charge in [-0.25, -0.2) is 8.42 Å². The van der Waals surface area contributed by atoms with Crippen molar-refractivity contribution in [2.24, 2.45) is 11.8 Å². The van der Waals surface area contributed by atoms with Gasteiger partial charge in [0.05, 0.1) is 11.5 Å². The van der Waals surface area contributed by atoms with Gasteiger partial charge in [-0.15, -0.1) is 0 Å². The monoisotopic (exact) mass is 278 g/mol. The summed E-state index contributed by atoms with van der Waals surface area (Å²) in [5.41, 5.74) is 2.60. The van der Waals surface area contributed by atoms with Crippen LogP contribution in [0.5, 0.6) is 0 Å². The molecule has 1 aromatic rings. The lowest BCUT2D eigenvalue weighted by Gasteiger charge is -2.25. The van der Waals surface area contributed by atoms with E-state index in [2.05, 4.69) is 12.1 Å². The largest absolute Gasteiger partial charge is 0.299 e. The summed E-state index contributed by atoms with van der Waals surface area (Å²) in [4.78, 5) is 12.4. The van der Waals surface area contributed by atoms with E-state index in [9.17, 15) is 13.2 Å². The highest BCUT2D eigenvalue weighted by Gasteiger charge is 2.37. The first kappa shape index (κ1) is 12.9. The molecule has 4 heteroatoms. The second-order valence-corrected chi connectivity index (χ2v) is 7.94. The number of rotatable bonds is 2. The van der Waals surface area contributed by atoms with Crippen molar-refractivity contribution in [2.75, 3.05) is 11.5 Å². The fourth-order valence-electron chi connectivity index (χ4n) is 3.29. The van der Waals surface area contributed by atoms with Gasteiger partial charge in [0, 0.05) is 11.8 Å². The Bertz CT molecular complexity index is 604. The molecule has 0 amide bonds. The van der Waals surface area contributed by atoms with Crippen molar-refractivity contribution in [1.82, 2.24) is 0 Å². The minimum atomic E-state index is -2.96. The minimum Gasteiger partial charge on any atom is -0.299 e. The number of ketones is 1. The molecule has 1 saturated heterocycles. The summed E-state index contributed by atoms with van der Waals surface area (Å²) in [6, 6.07) is 8.24. The number of aryl methyl sites for hydroxylation is 1. The van der Waals surface area contributed by atoms with Gasteiger partial charge in [0.1, 0.15) is 5.78 Å². The average molecular weight is 278 g/mol. The number of carbonyl (C=O) groups is 1. The molecule has 1 aliphatic carbocycles. The zero-order valence-electron chi connectivity index (χ0n) is 10.8. The van der Waals surface area contributed by atoms with E-state index >= 15 is 0 Å². The Morgan fingerprint density at radius 1 is 1.05 bits per heavy atom. The Kier molecular flexibility index (Phi) is 3.21. The lowest BCUT2D eigenvalue weighted by atomic mass is 9.78. The maximum atomic E-state index is 12.4. The van der Waals surface area contributed by atoms with Gasteiger partial charge >= 0.3 is 0 Å². The van der Waals surface area contributed by atoms with Crippen LogP contribution in [0.4, 0.5) is 0 Å². The molecule has 0 bridgehead atoms. The molecule has 2 unspecified atom stereocenters. The summed E-state index contributed by atoms with van der Waals surface area (Å²) in [6.07, 6.45) is 3.11. The van der Waals surface area contributed by atoms with Crippen LogP contribution in [0.1, 0.15) is 24.0 Å². The minimum absolute atomic E-state index is 0.0215. The van der Waals surface area contributed by atoms with Crippen molar-refractivity contribution in [1.29, 1.82) is 0 Å². The molecule has 1 heterocycles. The van der Waals surface area contributed by atoms with Gasteiger partial charge in [0.25, 0.3) is 0 Å². The fourth-order valence-corrected chi connectivity index (χ4v) is 5.05. The van der Waals surface area contributed by atoms with E-state index in [1.165, 1.54) is 11.1 Å². The van der Waals surface area contributed by atoms with Gasteiger partial charge in [0.15, 0.2) is 9.84 Å². The van der Waals surface area contributed by atoms with Crippen molar-refractivity contribution in [3.05, 3.63) is 35.4 Å². The number of fused-ring (bicyclic) bond motifs is 1. The van der Waals surface area contributed by atoms with E-state index < -0.39 is 9.84 Å². The summed E-state index contributed by atoms with van der Waals surface area (Å²) in [6.45, 7) is 0. The quantitative estimate of drug-likeness (QED) is 0.829. The van der Waals surface area contributed by atoms with Crippen LogP contribution in [0.15, 0.2) is 24.3 Å². The van der Waals surface area contributed by atoms with E-state index in [0.717, 1.165) is 19.3 Å². The molecule has 0 radical (unpaired) electrons. The van der Waals surface area contributed by atoms with Gasteiger partial charge < -0.3 is 0 Å². The first-order valence-corrected chi connectivity index (χ1v) is 8.68. The molecule has 19 heavy (non-hydrogen) atoms. The van der Waals surface area contributed by atoms with Gasteiger partial charge in [-0.05, 0) is 36.8 Å². The molecule has 1 aromatic carbocycles. The summed E-state index contributed by atoms with van der Waals surface area (Å²) in [5.74, 6) is 0.209. The van der Waals surface area contributed by atoms with E-state index in [1.807, 2.05) is 12.1 Å².